The summed E-state index contributed by atoms with van der Waals surface area (Å²) in [4.78, 5) is 15.1. The van der Waals surface area contributed by atoms with Crippen LogP contribution in [0.2, 0.25) is 10.0 Å². The minimum atomic E-state index is -3.75. The van der Waals surface area contributed by atoms with Crippen LogP contribution in [0.4, 0.5) is 11.4 Å². The molecule has 0 spiro atoms. The molecule has 1 amide bonds. The van der Waals surface area contributed by atoms with Crippen LogP contribution in [0.5, 0.6) is 0 Å². The van der Waals surface area contributed by atoms with E-state index in [2.05, 4.69) is 29.3 Å². The van der Waals surface area contributed by atoms with Crippen molar-refractivity contribution >= 4 is 50.5 Å². The Balaban J connectivity index is 1.68. The SMILES string of the molecule is CC1CCCN(c2ccc(C(C)NC(=O)CN(c3cccc(Cl)c3Cl)S(C)(=O)=O)cc2)C1. The number of sulfonamides is 1. The second kappa shape index (κ2) is 10.3. The zero-order valence-electron chi connectivity index (χ0n) is 18.5. The van der Waals surface area contributed by atoms with Crippen LogP contribution >= 0.6 is 23.2 Å². The van der Waals surface area contributed by atoms with E-state index in [9.17, 15) is 13.2 Å². The van der Waals surface area contributed by atoms with Crippen molar-refractivity contribution in [3.8, 4) is 0 Å². The van der Waals surface area contributed by atoms with Crippen molar-refractivity contribution in [1.82, 2.24) is 5.32 Å². The van der Waals surface area contributed by atoms with Gasteiger partial charge in [-0.3, -0.25) is 9.10 Å². The highest BCUT2D eigenvalue weighted by Crippen LogP contribution is 2.33. The quantitative estimate of drug-likeness (QED) is 0.591. The van der Waals surface area contributed by atoms with Gasteiger partial charge in [-0.15, -0.1) is 0 Å². The van der Waals surface area contributed by atoms with Gasteiger partial charge in [0.1, 0.15) is 6.54 Å². The van der Waals surface area contributed by atoms with E-state index in [1.807, 2.05) is 19.1 Å². The summed E-state index contributed by atoms with van der Waals surface area (Å²) in [6, 6.07) is 12.5. The van der Waals surface area contributed by atoms with E-state index in [4.69, 9.17) is 23.2 Å². The third-order valence-electron chi connectivity index (χ3n) is 5.68. The molecule has 2 unspecified atom stereocenters. The first kappa shape index (κ1) is 24.7. The molecule has 0 aliphatic carbocycles. The molecule has 1 N–H and O–H groups in total. The second-order valence-electron chi connectivity index (χ2n) is 8.42. The van der Waals surface area contributed by atoms with Gasteiger partial charge in [0.25, 0.3) is 0 Å². The summed E-state index contributed by atoms with van der Waals surface area (Å²) in [6.07, 6.45) is 3.49. The molecule has 6 nitrogen and oxygen atoms in total. The maximum absolute atomic E-state index is 12.7. The number of hydrogen-bond donors (Lipinski definition) is 1. The van der Waals surface area contributed by atoms with Crippen LogP contribution in [-0.2, 0) is 14.8 Å². The third kappa shape index (κ3) is 6.09. The van der Waals surface area contributed by atoms with Crippen molar-refractivity contribution in [3.63, 3.8) is 0 Å². The average molecular weight is 498 g/mol. The molecule has 32 heavy (non-hydrogen) atoms. The second-order valence-corrected chi connectivity index (χ2v) is 11.1. The number of anilines is 2. The Morgan fingerprint density at radius 1 is 1.22 bits per heavy atom. The minimum absolute atomic E-state index is 0.0862. The molecule has 1 fully saturated rings. The van der Waals surface area contributed by atoms with Crippen molar-refractivity contribution in [2.45, 2.75) is 32.7 Å². The van der Waals surface area contributed by atoms with E-state index >= 15 is 0 Å². The van der Waals surface area contributed by atoms with Crippen molar-refractivity contribution in [3.05, 3.63) is 58.1 Å². The van der Waals surface area contributed by atoms with Crippen LogP contribution < -0.4 is 14.5 Å². The van der Waals surface area contributed by atoms with Crippen molar-refractivity contribution in [2.75, 3.05) is 35.1 Å². The van der Waals surface area contributed by atoms with Crippen LogP contribution in [-0.4, -0.2) is 40.2 Å². The normalized spacial score (nSPS) is 17.7. The van der Waals surface area contributed by atoms with Crippen molar-refractivity contribution in [2.24, 2.45) is 5.92 Å². The summed E-state index contributed by atoms with van der Waals surface area (Å²) in [5.41, 5.74) is 2.29. The van der Waals surface area contributed by atoms with Gasteiger partial charge >= 0.3 is 0 Å². The maximum Gasteiger partial charge on any atom is 0.241 e. The summed E-state index contributed by atoms with van der Waals surface area (Å²) in [5.74, 6) is 0.250. The number of benzene rings is 2. The first-order valence-electron chi connectivity index (χ1n) is 10.6. The highest BCUT2D eigenvalue weighted by Gasteiger charge is 2.25. The summed E-state index contributed by atoms with van der Waals surface area (Å²) in [6.45, 7) is 5.86. The molecule has 2 atom stereocenters. The molecular formula is C23H29Cl2N3O3S. The molecule has 0 aromatic heterocycles. The lowest BCUT2D eigenvalue weighted by molar-refractivity contribution is -0.120. The number of hydrogen-bond acceptors (Lipinski definition) is 4. The highest BCUT2D eigenvalue weighted by atomic mass is 35.5. The van der Waals surface area contributed by atoms with Crippen molar-refractivity contribution in [1.29, 1.82) is 0 Å². The standard InChI is InChI=1S/C23H29Cl2N3O3S/c1-16-6-5-13-27(14-16)19-11-9-18(10-12-19)17(2)26-22(29)15-28(32(3,30)31)21-8-4-7-20(24)23(21)25/h4,7-12,16-17H,5-6,13-15H2,1-3H3,(H,26,29). The number of carbonyl (C=O) groups excluding carboxylic acids is 1. The Kier molecular flexibility index (Phi) is 7.96. The fourth-order valence-corrected chi connectivity index (χ4v) is 5.27. The van der Waals surface area contributed by atoms with Crippen LogP contribution in [0.1, 0.15) is 38.3 Å². The van der Waals surface area contributed by atoms with Gasteiger partial charge in [-0.25, -0.2) is 8.42 Å². The first-order chi connectivity index (χ1) is 15.1. The van der Waals surface area contributed by atoms with Crippen LogP contribution in [0.3, 0.4) is 0 Å². The van der Waals surface area contributed by atoms with Crippen LogP contribution in [0.15, 0.2) is 42.5 Å². The zero-order valence-corrected chi connectivity index (χ0v) is 20.8. The Hall–Kier alpha value is -1.96. The summed E-state index contributed by atoms with van der Waals surface area (Å²) in [5, 5.41) is 3.18. The van der Waals surface area contributed by atoms with E-state index < -0.39 is 22.5 Å². The van der Waals surface area contributed by atoms with Gasteiger partial charge in [0.15, 0.2) is 0 Å². The molecule has 0 radical (unpaired) electrons. The Morgan fingerprint density at radius 2 is 1.91 bits per heavy atom. The monoisotopic (exact) mass is 497 g/mol. The largest absolute Gasteiger partial charge is 0.371 e. The molecule has 3 rings (SSSR count). The Morgan fingerprint density at radius 3 is 2.53 bits per heavy atom. The van der Waals surface area contributed by atoms with Gasteiger partial charge in [-0.1, -0.05) is 48.3 Å². The van der Waals surface area contributed by atoms with E-state index in [1.54, 1.807) is 12.1 Å². The Labute approximate surface area is 200 Å². The van der Waals surface area contributed by atoms with Crippen LogP contribution in [0.25, 0.3) is 0 Å². The number of amides is 1. The van der Waals surface area contributed by atoms with Gasteiger partial charge in [0.2, 0.25) is 15.9 Å². The molecule has 2 aromatic rings. The predicted molar refractivity (Wildman–Crippen MR) is 132 cm³/mol. The van der Waals surface area contributed by atoms with E-state index in [0.29, 0.717) is 5.92 Å². The zero-order chi connectivity index (χ0) is 23.5. The molecule has 174 valence electrons. The highest BCUT2D eigenvalue weighted by molar-refractivity contribution is 7.92. The molecule has 1 aliphatic rings. The van der Waals surface area contributed by atoms with E-state index in [1.165, 1.54) is 24.6 Å². The lowest BCUT2D eigenvalue weighted by Crippen LogP contribution is -2.41. The lowest BCUT2D eigenvalue weighted by Gasteiger charge is -2.33. The summed E-state index contributed by atoms with van der Waals surface area (Å²) >= 11 is 12.2. The molecule has 0 bridgehead atoms. The fourth-order valence-electron chi connectivity index (χ4n) is 3.96. The van der Waals surface area contributed by atoms with Gasteiger partial charge in [-0.2, -0.15) is 0 Å². The van der Waals surface area contributed by atoms with Gasteiger partial charge in [-0.05, 0) is 55.5 Å². The third-order valence-corrected chi connectivity index (χ3v) is 7.62. The number of rotatable bonds is 7. The first-order valence-corrected chi connectivity index (χ1v) is 13.2. The Bertz CT molecular complexity index is 1060. The molecule has 0 saturated carbocycles. The maximum atomic E-state index is 12.7. The summed E-state index contributed by atoms with van der Waals surface area (Å²) in [7, 11) is -3.75. The average Bonchev–Trinajstić information content (AvgIpc) is 2.73. The van der Waals surface area contributed by atoms with Crippen LogP contribution in [0, 0.1) is 5.92 Å². The smallest absolute Gasteiger partial charge is 0.241 e. The molecule has 1 saturated heterocycles. The number of halogens is 2. The molecule has 9 heteroatoms. The predicted octanol–water partition coefficient (Wildman–Crippen LogP) is 4.87. The molecule has 2 aromatic carbocycles. The number of piperidine rings is 1. The molecular weight excluding hydrogens is 469 g/mol. The van der Waals surface area contributed by atoms with E-state index in [0.717, 1.165) is 29.2 Å². The summed E-state index contributed by atoms with van der Waals surface area (Å²) < 4.78 is 25.6. The lowest BCUT2D eigenvalue weighted by atomic mass is 9.99. The molecule has 1 aliphatic heterocycles. The van der Waals surface area contributed by atoms with Crippen molar-refractivity contribution < 1.29 is 13.2 Å². The number of nitrogens with one attached hydrogen (secondary N) is 1. The topological polar surface area (TPSA) is 69.7 Å². The fraction of sp³-hybridized carbons (Fsp3) is 0.435. The van der Waals surface area contributed by atoms with Gasteiger partial charge < -0.3 is 10.2 Å². The number of nitrogens with zero attached hydrogens (tertiary/aromatic N) is 2. The minimum Gasteiger partial charge on any atom is -0.371 e. The van der Waals surface area contributed by atoms with Gasteiger partial charge in [0.05, 0.1) is 28.0 Å². The number of carbonyl (C=O) groups is 1. The van der Waals surface area contributed by atoms with Gasteiger partial charge in [0, 0.05) is 18.8 Å². The van der Waals surface area contributed by atoms with E-state index in [-0.39, 0.29) is 21.8 Å². The molecule has 1 heterocycles.